The Morgan fingerprint density at radius 1 is 1.00 bits per heavy atom. The van der Waals surface area contributed by atoms with Gasteiger partial charge in [-0.3, -0.25) is 0 Å². The van der Waals surface area contributed by atoms with Crippen molar-refractivity contribution < 1.29 is 13.2 Å². The van der Waals surface area contributed by atoms with Gasteiger partial charge < -0.3 is 5.73 Å². The molecule has 1 rings (SSSR count). The van der Waals surface area contributed by atoms with Crippen LogP contribution in [0.25, 0.3) is 0 Å². The molecule has 1 atom stereocenters. The van der Waals surface area contributed by atoms with Crippen LogP contribution in [-0.4, -0.2) is 6.18 Å². The Bertz CT molecular complexity index is 346. The molecule has 0 saturated carbocycles. The van der Waals surface area contributed by atoms with E-state index in [1.54, 1.807) is 13.8 Å². The van der Waals surface area contributed by atoms with E-state index in [2.05, 4.69) is 0 Å². The van der Waals surface area contributed by atoms with Crippen LogP contribution in [0.5, 0.6) is 0 Å². The Morgan fingerprint density at radius 2 is 1.40 bits per heavy atom. The Hall–Kier alpha value is -1.03. The van der Waals surface area contributed by atoms with Crippen molar-refractivity contribution >= 4 is 0 Å². The number of nitrogens with two attached hydrogens (primary N) is 1. The average Bonchev–Trinajstić information content (AvgIpc) is 1.99. The number of halogens is 3. The summed E-state index contributed by atoms with van der Waals surface area (Å²) in [4.78, 5) is 0. The van der Waals surface area contributed by atoms with E-state index in [4.69, 9.17) is 5.73 Å². The van der Waals surface area contributed by atoms with E-state index >= 15 is 0 Å². The van der Waals surface area contributed by atoms with Crippen molar-refractivity contribution in [1.82, 2.24) is 0 Å². The first-order valence-electron chi connectivity index (χ1n) is 4.59. The molecule has 1 nitrogen and oxygen atoms in total. The lowest BCUT2D eigenvalue weighted by Gasteiger charge is -2.28. The van der Waals surface area contributed by atoms with E-state index in [1.807, 2.05) is 6.07 Å². The molecule has 1 aromatic rings. The molecule has 0 aliphatic carbocycles. The van der Waals surface area contributed by atoms with Crippen LogP contribution in [0, 0.1) is 13.8 Å². The molecule has 0 amide bonds. The summed E-state index contributed by atoms with van der Waals surface area (Å²) in [7, 11) is 0. The maximum absolute atomic E-state index is 12.7. The largest absolute Gasteiger partial charge is 0.410 e. The normalized spacial score (nSPS) is 16.2. The second-order valence-corrected chi connectivity index (χ2v) is 4.08. The predicted molar refractivity (Wildman–Crippen MR) is 53.5 cm³/mol. The zero-order chi connectivity index (χ0) is 11.9. The van der Waals surface area contributed by atoms with Crippen LogP contribution in [0.4, 0.5) is 13.2 Å². The van der Waals surface area contributed by atoms with Gasteiger partial charge >= 0.3 is 6.18 Å². The number of hydrogen-bond donors (Lipinski definition) is 1. The molecule has 1 unspecified atom stereocenters. The van der Waals surface area contributed by atoms with Gasteiger partial charge in [0.15, 0.2) is 0 Å². The summed E-state index contributed by atoms with van der Waals surface area (Å²) in [6.07, 6.45) is -4.44. The third-order valence-electron chi connectivity index (χ3n) is 2.41. The minimum absolute atomic E-state index is 0.104. The molecule has 0 spiro atoms. The van der Waals surface area contributed by atoms with Crippen molar-refractivity contribution in [2.75, 3.05) is 0 Å². The van der Waals surface area contributed by atoms with Crippen molar-refractivity contribution in [2.45, 2.75) is 32.5 Å². The third kappa shape index (κ3) is 2.31. The van der Waals surface area contributed by atoms with E-state index in [9.17, 15) is 13.2 Å². The SMILES string of the molecule is Cc1cc(C)cc(C(C)(N)C(F)(F)F)c1. The molecule has 0 fully saturated rings. The molecule has 0 saturated heterocycles. The van der Waals surface area contributed by atoms with E-state index in [0.29, 0.717) is 0 Å². The fourth-order valence-electron chi connectivity index (χ4n) is 1.44. The monoisotopic (exact) mass is 217 g/mol. The van der Waals surface area contributed by atoms with Crippen molar-refractivity contribution in [2.24, 2.45) is 5.73 Å². The topological polar surface area (TPSA) is 26.0 Å². The van der Waals surface area contributed by atoms with Crippen LogP contribution < -0.4 is 5.73 Å². The highest BCUT2D eigenvalue weighted by Crippen LogP contribution is 2.36. The molecule has 15 heavy (non-hydrogen) atoms. The first-order chi connectivity index (χ1) is 6.64. The Kier molecular flexibility index (Phi) is 2.83. The van der Waals surface area contributed by atoms with Gasteiger partial charge in [-0.2, -0.15) is 13.2 Å². The van der Waals surface area contributed by atoms with Gasteiger partial charge in [0.1, 0.15) is 5.54 Å². The molecule has 4 heteroatoms. The molecule has 0 aliphatic heterocycles. The highest BCUT2D eigenvalue weighted by molar-refractivity contribution is 5.33. The minimum Gasteiger partial charge on any atom is -0.314 e. The van der Waals surface area contributed by atoms with Gasteiger partial charge in [0, 0.05) is 0 Å². The van der Waals surface area contributed by atoms with Gasteiger partial charge in [0.25, 0.3) is 0 Å². The Labute approximate surface area is 87.1 Å². The summed E-state index contributed by atoms with van der Waals surface area (Å²) in [5.74, 6) is 0. The molecule has 1 aromatic carbocycles. The molecule has 84 valence electrons. The quantitative estimate of drug-likeness (QED) is 0.768. The van der Waals surface area contributed by atoms with Crippen LogP contribution in [0.3, 0.4) is 0 Å². The Morgan fingerprint density at radius 3 is 1.73 bits per heavy atom. The van der Waals surface area contributed by atoms with Gasteiger partial charge in [0.05, 0.1) is 0 Å². The highest BCUT2D eigenvalue weighted by atomic mass is 19.4. The summed E-state index contributed by atoms with van der Waals surface area (Å²) in [6, 6.07) is 4.76. The van der Waals surface area contributed by atoms with Crippen LogP contribution in [0.15, 0.2) is 18.2 Å². The zero-order valence-corrected chi connectivity index (χ0v) is 8.94. The third-order valence-corrected chi connectivity index (χ3v) is 2.41. The smallest absolute Gasteiger partial charge is 0.314 e. The first-order valence-corrected chi connectivity index (χ1v) is 4.59. The van der Waals surface area contributed by atoms with E-state index in [1.165, 1.54) is 12.1 Å². The standard InChI is InChI=1S/C11H14F3N/c1-7-4-8(2)6-9(5-7)10(3,15)11(12,13)14/h4-6H,15H2,1-3H3. The number of benzene rings is 1. The number of hydrogen-bond acceptors (Lipinski definition) is 1. The first kappa shape index (κ1) is 12.0. The van der Waals surface area contributed by atoms with Gasteiger partial charge in [-0.25, -0.2) is 0 Å². The molecule has 2 N–H and O–H groups in total. The Balaban J connectivity index is 3.27. The molecule has 0 radical (unpaired) electrons. The van der Waals surface area contributed by atoms with Crippen LogP contribution in [-0.2, 0) is 5.54 Å². The van der Waals surface area contributed by atoms with Crippen molar-refractivity contribution in [3.63, 3.8) is 0 Å². The van der Waals surface area contributed by atoms with E-state index in [-0.39, 0.29) is 5.56 Å². The lowest BCUT2D eigenvalue weighted by molar-refractivity contribution is -0.184. The second-order valence-electron chi connectivity index (χ2n) is 4.08. The van der Waals surface area contributed by atoms with Gasteiger partial charge in [-0.1, -0.05) is 29.3 Å². The van der Waals surface area contributed by atoms with Crippen molar-refractivity contribution in [1.29, 1.82) is 0 Å². The number of alkyl halides is 3. The molecular weight excluding hydrogens is 203 g/mol. The lowest BCUT2D eigenvalue weighted by Crippen LogP contribution is -2.47. The molecule has 0 aromatic heterocycles. The van der Waals surface area contributed by atoms with Crippen molar-refractivity contribution in [3.8, 4) is 0 Å². The van der Waals surface area contributed by atoms with Gasteiger partial charge in [-0.15, -0.1) is 0 Å². The molecule has 0 aliphatic rings. The minimum atomic E-state index is -4.44. The fourth-order valence-corrected chi connectivity index (χ4v) is 1.44. The number of rotatable bonds is 1. The van der Waals surface area contributed by atoms with E-state index < -0.39 is 11.7 Å². The highest BCUT2D eigenvalue weighted by Gasteiger charge is 2.49. The van der Waals surface area contributed by atoms with Crippen LogP contribution >= 0.6 is 0 Å². The second kappa shape index (κ2) is 3.52. The van der Waals surface area contributed by atoms with Crippen LogP contribution in [0.2, 0.25) is 0 Å². The lowest BCUT2D eigenvalue weighted by atomic mass is 9.90. The molecule has 0 bridgehead atoms. The van der Waals surface area contributed by atoms with E-state index in [0.717, 1.165) is 18.1 Å². The summed E-state index contributed by atoms with van der Waals surface area (Å²) in [5, 5.41) is 0. The zero-order valence-electron chi connectivity index (χ0n) is 8.94. The number of aryl methyl sites for hydroxylation is 2. The molecular formula is C11H14F3N. The maximum Gasteiger partial charge on any atom is 0.410 e. The summed E-state index contributed by atoms with van der Waals surface area (Å²) >= 11 is 0. The van der Waals surface area contributed by atoms with Gasteiger partial charge in [-0.05, 0) is 26.3 Å². The summed E-state index contributed by atoms with van der Waals surface area (Å²) in [5.41, 5.74) is 4.71. The molecule has 0 heterocycles. The summed E-state index contributed by atoms with van der Waals surface area (Å²) < 4.78 is 38.0. The van der Waals surface area contributed by atoms with Crippen molar-refractivity contribution in [3.05, 3.63) is 34.9 Å². The fraction of sp³-hybridized carbons (Fsp3) is 0.455. The maximum atomic E-state index is 12.7. The van der Waals surface area contributed by atoms with Gasteiger partial charge in [0.2, 0.25) is 0 Å². The predicted octanol–water partition coefficient (Wildman–Crippen LogP) is 3.04. The summed E-state index contributed by atoms with van der Waals surface area (Å²) in [6.45, 7) is 4.49. The van der Waals surface area contributed by atoms with Crippen LogP contribution in [0.1, 0.15) is 23.6 Å². The average molecular weight is 217 g/mol.